The first kappa shape index (κ1) is 7.79. The van der Waals surface area contributed by atoms with Crippen molar-refractivity contribution in [2.24, 2.45) is 0 Å². The van der Waals surface area contributed by atoms with Crippen LogP contribution < -0.4 is 5.73 Å². The zero-order chi connectivity index (χ0) is 9.26. The number of hydrogen-bond acceptors (Lipinski definition) is 3. The third-order valence-electron chi connectivity index (χ3n) is 1.68. The van der Waals surface area contributed by atoms with Crippen LogP contribution >= 0.6 is 0 Å². The second-order valence-electron chi connectivity index (χ2n) is 2.57. The zero-order valence-corrected chi connectivity index (χ0v) is 6.70. The number of aromatic nitrogens is 1. The highest BCUT2D eigenvalue weighted by Crippen LogP contribution is 2.21. The largest absolute Gasteiger partial charge is 0.445 e. The third kappa shape index (κ3) is 1.38. The highest BCUT2D eigenvalue weighted by molar-refractivity contribution is 5.59. The van der Waals surface area contributed by atoms with E-state index in [0.29, 0.717) is 11.5 Å². The van der Waals surface area contributed by atoms with Gasteiger partial charge in [-0.1, -0.05) is 0 Å². The molecule has 1 aromatic carbocycles. The summed E-state index contributed by atoms with van der Waals surface area (Å²) in [7, 11) is 0. The molecule has 0 spiro atoms. The maximum absolute atomic E-state index is 12.8. The van der Waals surface area contributed by atoms with E-state index in [0.717, 1.165) is 0 Å². The topological polar surface area (TPSA) is 52.0 Å². The fourth-order valence-electron chi connectivity index (χ4n) is 1.04. The third-order valence-corrected chi connectivity index (χ3v) is 1.68. The average molecular weight is 178 g/mol. The lowest BCUT2D eigenvalue weighted by Gasteiger charge is -1.98. The van der Waals surface area contributed by atoms with Gasteiger partial charge in [0.25, 0.3) is 0 Å². The molecule has 2 N–H and O–H groups in total. The summed E-state index contributed by atoms with van der Waals surface area (Å²) in [5.74, 6) is 0.00186. The molecule has 0 aliphatic carbocycles. The first-order valence-electron chi connectivity index (χ1n) is 3.72. The van der Waals surface area contributed by atoms with Crippen LogP contribution in [0.1, 0.15) is 0 Å². The van der Waals surface area contributed by atoms with Crippen molar-refractivity contribution in [2.45, 2.75) is 0 Å². The Hall–Kier alpha value is -1.84. The molecule has 0 saturated carbocycles. The van der Waals surface area contributed by atoms with E-state index in [-0.39, 0.29) is 5.69 Å². The number of oxazole rings is 1. The van der Waals surface area contributed by atoms with Crippen molar-refractivity contribution >= 4 is 5.69 Å². The molecular weight excluding hydrogens is 171 g/mol. The number of halogens is 1. The quantitative estimate of drug-likeness (QED) is 0.680. The molecular formula is C9H7FN2O. The number of benzene rings is 1. The van der Waals surface area contributed by atoms with E-state index in [4.69, 9.17) is 10.2 Å². The van der Waals surface area contributed by atoms with Crippen LogP contribution in [0.15, 0.2) is 35.1 Å². The van der Waals surface area contributed by atoms with E-state index < -0.39 is 5.82 Å². The molecule has 0 atom stereocenters. The first-order chi connectivity index (χ1) is 6.27. The highest BCUT2D eigenvalue weighted by atomic mass is 19.1. The van der Waals surface area contributed by atoms with E-state index in [2.05, 4.69) is 4.98 Å². The average Bonchev–Trinajstić information content (AvgIpc) is 2.62. The van der Waals surface area contributed by atoms with Crippen LogP contribution in [-0.2, 0) is 0 Å². The van der Waals surface area contributed by atoms with Crippen molar-refractivity contribution < 1.29 is 8.81 Å². The lowest BCUT2D eigenvalue weighted by molar-refractivity contribution is 0.574. The molecule has 4 heteroatoms. The summed E-state index contributed by atoms with van der Waals surface area (Å²) in [4.78, 5) is 3.91. The zero-order valence-electron chi connectivity index (χ0n) is 6.70. The van der Waals surface area contributed by atoms with Crippen molar-refractivity contribution in [1.29, 1.82) is 0 Å². The van der Waals surface area contributed by atoms with Gasteiger partial charge in [-0.3, -0.25) is 0 Å². The van der Waals surface area contributed by atoms with Gasteiger partial charge in [0.2, 0.25) is 5.89 Å². The maximum atomic E-state index is 12.8. The number of rotatable bonds is 1. The molecule has 0 bridgehead atoms. The maximum Gasteiger partial charge on any atom is 0.225 e. The number of anilines is 1. The second kappa shape index (κ2) is 2.90. The fraction of sp³-hybridized carbons (Fsp3) is 0. The number of nitrogens with two attached hydrogens (primary N) is 1. The molecule has 0 saturated heterocycles. The molecule has 2 rings (SSSR count). The smallest absolute Gasteiger partial charge is 0.225 e. The Morgan fingerprint density at radius 2 is 2.23 bits per heavy atom. The van der Waals surface area contributed by atoms with Crippen LogP contribution in [0.2, 0.25) is 0 Å². The minimum atomic E-state index is -0.435. The summed E-state index contributed by atoms with van der Waals surface area (Å²) in [6, 6.07) is 4.34. The molecule has 13 heavy (non-hydrogen) atoms. The standard InChI is InChI=1S/C9H7FN2O/c10-7-2-1-6(5-8(7)11)9-12-3-4-13-9/h1-5H,11H2. The van der Waals surface area contributed by atoms with E-state index in [1.165, 1.54) is 24.6 Å². The van der Waals surface area contributed by atoms with Crippen molar-refractivity contribution in [2.75, 3.05) is 5.73 Å². The molecule has 66 valence electrons. The van der Waals surface area contributed by atoms with Gasteiger partial charge in [0.15, 0.2) is 0 Å². The van der Waals surface area contributed by atoms with Crippen LogP contribution in [0.5, 0.6) is 0 Å². The van der Waals surface area contributed by atoms with E-state index >= 15 is 0 Å². The van der Waals surface area contributed by atoms with Gasteiger partial charge in [-0.15, -0.1) is 0 Å². The Bertz CT molecular complexity index is 412. The van der Waals surface area contributed by atoms with Crippen molar-refractivity contribution in [1.82, 2.24) is 4.98 Å². The van der Waals surface area contributed by atoms with E-state index in [1.807, 2.05) is 0 Å². The van der Waals surface area contributed by atoms with Gasteiger partial charge >= 0.3 is 0 Å². The van der Waals surface area contributed by atoms with Crippen LogP contribution in [0, 0.1) is 5.82 Å². The van der Waals surface area contributed by atoms with Gasteiger partial charge < -0.3 is 10.2 Å². The first-order valence-corrected chi connectivity index (χ1v) is 3.72. The summed E-state index contributed by atoms with van der Waals surface area (Å²) < 4.78 is 17.8. The Morgan fingerprint density at radius 1 is 1.38 bits per heavy atom. The van der Waals surface area contributed by atoms with Crippen molar-refractivity contribution in [3.63, 3.8) is 0 Å². The summed E-state index contributed by atoms with van der Waals surface area (Å²) in [6.45, 7) is 0. The highest BCUT2D eigenvalue weighted by Gasteiger charge is 2.04. The summed E-state index contributed by atoms with van der Waals surface area (Å²) in [6.07, 6.45) is 2.98. The molecule has 0 amide bonds. The Balaban J connectivity index is 2.49. The van der Waals surface area contributed by atoms with Gasteiger partial charge in [-0.25, -0.2) is 9.37 Å². The molecule has 0 aliphatic heterocycles. The van der Waals surface area contributed by atoms with Gasteiger partial charge in [-0.05, 0) is 18.2 Å². The minimum absolute atomic E-state index is 0.0932. The minimum Gasteiger partial charge on any atom is -0.445 e. The van der Waals surface area contributed by atoms with Crippen molar-refractivity contribution in [3.05, 3.63) is 36.5 Å². The molecule has 1 heterocycles. The van der Waals surface area contributed by atoms with E-state index in [9.17, 15) is 4.39 Å². The number of nitrogen functional groups attached to an aromatic ring is 1. The van der Waals surface area contributed by atoms with Crippen LogP contribution in [0.25, 0.3) is 11.5 Å². The molecule has 2 aromatic rings. The molecule has 0 radical (unpaired) electrons. The molecule has 3 nitrogen and oxygen atoms in total. The lowest BCUT2D eigenvalue weighted by atomic mass is 10.2. The summed E-state index contributed by atoms with van der Waals surface area (Å²) >= 11 is 0. The van der Waals surface area contributed by atoms with Crippen LogP contribution in [0.4, 0.5) is 10.1 Å². The molecule has 1 aromatic heterocycles. The second-order valence-corrected chi connectivity index (χ2v) is 2.57. The van der Waals surface area contributed by atoms with Crippen LogP contribution in [-0.4, -0.2) is 4.98 Å². The molecule has 0 unspecified atom stereocenters. The summed E-state index contributed by atoms with van der Waals surface area (Å²) in [5, 5.41) is 0. The predicted octanol–water partition coefficient (Wildman–Crippen LogP) is 2.06. The Kier molecular flexibility index (Phi) is 1.73. The predicted molar refractivity (Wildman–Crippen MR) is 46.3 cm³/mol. The Morgan fingerprint density at radius 3 is 2.85 bits per heavy atom. The van der Waals surface area contributed by atoms with Gasteiger partial charge in [-0.2, -0.15) is 0 Å². The monoisotopic (exact) mass is 178 g/mol. The SMILES string of the molecule is Nc1cc(-c2ncco2)ccc1F. The van der Waals surface area contributed by atoms with Crippen molar-refractivity contribution in [3.8, 4) is 11.5 Å². The lowest BCUT2D eigenvalue weighted by Crippen LogP contribution is -1.90. The Labute approximate surface area is 74.0 Å². The fourth-order valence-corrected chi connectivity index (χ4v) is 1.04. The number of nitrogens with zero attached hydrogens (tertiary/aromatic N) is 1. The van der Waals surface area contributed by atoms with Gasteiger partial charge in [0.1, 0.15) is 12.1 Å². The summed E-state index contributed by atoms with van der Waals surface area (Å²) in [5.41, 5.74) is 6.15. The number of hydrogen-bond donors (Lipinski definition) is 1. The normalized spacial score (nSPS) is 10.2. The van der Waals surface area contributed by atoms with Gasteiger partial charge in [0, 0.05) is 5.56 Å². The molecule has 0 fully saturated rings. The molecule has 0 aliphatic rings. The van der Waals surface area contributed by atoms with Gasteiger partial charge in [0.05, 0.1) is 11.9 Å². The van der Waals surface area contributed by atoms with E-state index in [1.54, 1.807) is 6.07 Å². The van der Waals surface area contributed by atoms with Crippen LogP contribution in [0.3, 0.4) is 0 Å².